The normalized spacial score (nSPS) is 10.9. The van der Waals surface area contributed by atoms with E-state index >= 15 is 0 Å². The molecule has 112 valence electrons. The molecule has 0 spiro atoms. The lowest BCUT2D eigenvalue weighted by molar-refractivity contribution is -0.141. The predicted molar refractivity (Wildman–Crippen MR) is 72.7 cm³/mol. The van der Waals surface area contributed by atoms with Crippen LogP contribution in [0.3, 0.4) is 0 Å². The molecule has 9 heteroatoms. The summed E-state index contributed by atoms with van der Waals surface area (Å²) in [4.78, 5) is 21.8. The Morgan fingerprint density at radius 2 is 2.05 bits per heavy atom. The summed E-state index contributed by atoms with van der Waals surface area (Å²) in [5.74, 6) is -0.816. The van der Waals surface area contributed by atoms with E-state index in [9.17, 15) is 18.0 Å². The van der Waals surface area contributed by atoms with Gasteiger partial charge in [0, 0.05) is 6.20 Å². The van der Waals surface area contributed by atoms with Crippen molar-refractivity contribution in [2.24, 2.45) is 0 Å². The lowest BCUT2D eigenvalue weighted by atomic mass is 10.2. The first-order chi connectivity index (χ1) is 10.3. The van der Waals surface area contributed by atoms with E-state index in [1.165, 1.54) is 18.3 Å². The molecule has 2 heterocycles. The minimum Gasteiger partial charge on any atom is -0.305 e. The zero-order valence-electron chi connectivity index (χ0n) is 10.6. The maximum atomic E-state index is 12.7. The molecule has 0 aliphatic carbocycles. The minimum absolute atomic E-state index is 0.0953. The van der Waals surface area contributed by atoms with Gasteiger partial charge in [-0.25, -0.2) is 14.8 Å². The Morgan fingerprint density at radius 3 is 2.59 bits per heavy atom. The third-order valence-electron chi connectivity index (χ3n) is 2.43. The van der Waals surface area contributed by atoms with Gasteiger partial charge in [-0.2, -0.15) is 13.2 Å². The van der Waals surface area contributed by atoms with Crippen LogP contribution in [0.4, 0.5) is 24.7 Å². The number of amides is 1. The van der Waals surface area contributed by atoms with Crippen molar-refractivity contribution >= 4 is 29.0 Å². The standard InChI is InChI=1S/C13H6ClF3N4O/c1-18-8-4-9(20-10(5-8)13(15,16)17)12(22)21-11-3-2-7(14)6-19-11/h2-6H,(H,19,21,22). The highest BCUT2D eigenvalue weighted by atomic mass is 35.5. The van der Waals surface area contributed by atoms with E-state index in [-0.39, 0.29) is 11.5 Å². The molecule has 22 heavy (non-hydrogen) atoms. The molecule has 0 bridgehead atoms. The number of halogens is 4. The molecule has 0 atom stereocenters. The van der Waals surface area contributed by atoms with E-state index in [2.05, 4.69) is 20.1 Å². The maximum absolute atomic E-state index is 12.7. The summed E-state index contributed by atoms with van der Waals surface area (Å²) in [5, 5.41) is 2.61. The Balaban J connectivity index is 2.33. The van der Waals surface area contributed by atoms with Gasteiger partial charge in [-0.3, -0.25) is 4.79 Å². The van der Waals surface area contributed by atoms with Crippen LogP contribution in [0.25, 0.3) is 4.85 Å². The summed E-state index contributed by atoms with van der Waals surface area (Å²) in [6.07, 6.45) is -3.49. The molecular formula is C13H6ClF3N4O. The van der Waals surface area contributed by atoms with Gasteiger partial charge in [-0.05, 0) is 24.3 Å². The van der Waals surface area contributed by atoms with Crippen LogP contribution in [0.5, 0.6) is 0 Å². The van der Waals surface area contributed by atoms with Crippen LogP contribution in [0, 0.1) is 6.57 Å². The van der Waals surface area contributed by atoms with Crippen LogP contribution < -0.4 is 5.32 Å². The second-order valence-corrected chi connectivity index (χ2v) is 4.46. The Bertz CT molecular complexity index is 753. The summed E-state index contributed by atoms with van der Waals surface area (Å²) in [5.41, 5.74) is -2.18. The monoisotopic (exact) mass is 326 g/mol. The third-order valence-corrected chi connectivity index (χ3v) is 2.65. The van der Waals surface area contributed by atoms with Gasteiger partial charge in [-0.1, -0.05) is 11.6 Å². The molecule has 5 nitrogen and oxygen atoms in total. The smallest absolute Gasteiger partial charge is 0.305 e. The highest BCUT2D eigenvalue weighted by Crippen LogP contribution is 2.30. The van der Waals surface area contributed by atoms with Crippen molar-refractivity contribution < 1.29 is 18.0 Å². The van der Waals surface area contributed by atoms with Crippen LogP contribution in [-0.2, 0) is 6.18 Å². The Labute approximate surface area is 127 Å². The molecule has 1 N–H and O–H groups in total. The number of nitrogens with one attached hydrogen (secondary N) is 1. The van der Waals surface area contributed by atoms with Crippen LogP contribution in [0.2, 0.25) is 5.02 Å². The molecule has 2 aromatic rings. The average molecular weight is 327 g/mol. The molecule has 0 aromatic carbocycles. The number of nitrogens with zero attached hydrogens (tertiary/aromatic N) is 3. The first kappa shape index (κ1) is 15.7. The first-order valence-corrected chi connectivity index (χ1v) is 6.07. The second kappa shape index (κ2) is 5.99. The molecule has 2 aromatic heterocycles. The van der Waals surface area contributed by atoms with Crippen LogP contribution in [-0.4, -0.2) is 15.9 Å². The average Bonchev–Trinajstić information content (AvgIpc) is 2.48. The van der Waals surface area contributed by atoms with Crippen LogP contribution in [0.1, 0.15) is 16.2 Å². The summed E-state index contributed by atoms with van der Waals surface area (Å²) >= 11 is 5.63. The molecule has 0 aliphatic heterocycles. The second-order valence-electron chi connectivity index (χ2n) is 4.02. The van der Waals surface area contributed by atoms with E-state index in [4.69, 9.17) is 18.2 Å². The Morgan fingerprint density at radius 1 is 1.32 bits per heavy atom. The quantitative estimate of drug-likeness (QED) is 0.850. The van der Waals surface area contributed by atoms with Gasteiger partial charge in [0.05, 0.1) is 11.6 Å². The van der Waals surface area contributed by atoms with Gasteiger partial charge >= 0.3 is 6.18 Å². The zero-order valence-corrected chi connectivity index (χ0v) is 11.4. The number of hydrogen-bond donors (Lipinski definition) is 1. The van der Waals surface area contributed by atoms with E-state index < -0.39 is 23.5 Å². The lowest BCUT2D eigenvalue weighted by Gasteiger charge is -2.09. The van der Waals surface area contributed by atoms with Gasteiger partial charge in [0.1, 0.15) is 17.2 Å². The van der Waals surface area contributed by atoms with Crippen molar-refractivity contribution in [1.29, 1.82) is 0 Å². The van der Waals surface area contributed by atoms with E-state index in [0.29, 0.717) is 11.1 Å². The summed E-state index contributed by atoms with van der Waals surface area (Å²) in [7, 11) is 0. The molecular weight excluding hydrogens is 321 g/mol. The molecule has 0 saturated heterocycles. The number of pyridine rings is 2. The van der Waals surface area contributed by atoms with Gasteiger partial charge in [0.2, 0.25) is 0 Å². The number of aromatic nitrogens is 2. The zero-order chi connectivity index (χ0) is 16.3. The summed E-state index contributed by atoms with van der Waals surface area (Å²) in [6.45, 7) is 6.80. The Kier molecular flexibility index (Phi) is 4.28. The maximum Gasteiger partial charge on any atom is 0.432 e. The molecule has 0 saturated carbocycles. The molecule has 2 rings (SSSR count). The van der Waals surface area contributed by atoms with Gasteiger partial charge in [0.15, 0.2) is 5.69 Å². The predicted octanol–water partition coefficient (Wildman–Crippen LogP) is 3.95. The number of alkyl halides is 3. The third kappa shape index (κ3) is 3.71. The Hall–Kier alpha value is -2.66. The van der Waals surface area contributed by atoms with Gasteiger partial charge in [0.25, 0.3) is 5.91 Å². The summed E-state index contributed by atoms with van der Waals surface area (Å²) in [6, 6.07) is 4.37. The summed E-state index contributed by atoms with van der Waals surface area (Å²) < 4.78 is 38.1. The van der Waals surface area contributed by atoms with E-state index in [0.717, 1.165) is 6.07 Å². The van der Waals surface area contributed by atoms with Gasteiger partial charge < -0.3 is 5.32 Å². The van der Waals surface area contributed by atoms with Crippen molar-refractivity contribution in [3.05, 3.63) is 58.3 Å². The van der Waals surface area contributed by atoms with Crippen molar-refractivity contribution in [2.45, 2.75) is 6.18 Å². The number of rotatable bonds is 2. The van der Waals surface area contributed by atoms with E-state index in [1.54, 1.807) is 0 Å². The van der Waals surface area contributed by atoms with Crippen molar-refractivity contribution in [3.8, 4) is 0 Å². The number of anilines is 1. The molecule has 0 unspecified atom stereocenters. The number of carbonyl (C=O) groups excluding carboxylic acids is 1. The molecule has 0 radical (unpaired) electrons. The van der Waals surface area contributed by atoms with Crippen molar-refractivity contribution in [3.63, 3.8) is 0 Å². The van der Waals surface area contributed by atoms with Crippen LogP contribution >= 0.6 is 11.6 Å². The molecule has 0 fully saturated rings. The lowest BCUT2D eigenvalue weighted by Crippen LogP contribution is -2.17. The fourth-order valence-corrected chi connectivity index (χ4v) is 1.58. The minimum atomic E-state index is -4.76. The molecule has 0 aliphatic rings. The number of carbonyl (C=O) groups is 1. The topological polar surface area (TPSA) is 59.2 Å². The molecule has 1 amide bonds. The van der Waals surface area contributed by atoms with Crippen LogP contribution in [0.15, 0.2) is 30.5 Å². The van der Waals surface area contributed by atoms with Crippen molar-refractivity contribution in [1.82, 2.24) is 9.97 Å². The van der Waals surface area contributed by atoms with Crippen molar-refractivity contribution in [2.75, 3.05) is 5.32 Å². The SMILES string of the molecule is [C-]#[N+]c1cc(C(=O)Nc2ccc(Cl)cn2)nc(C(F)(F)F)c1. The highest BCUT2D eigenvalue weighted by Gasteiger charge is 2.33. The fourth-order valence-electron chi connectivity index (χ4n) is 1.47. The fraction of sp³-hybridized carbons (Fsp3) is 0.0769. The van der Waals surface area contributed by atoms with Gasteiger partial charge in [-0.15, -0.1) is 0 Å². The first-order valence-electron chi connectivity index (χ1n) is 5.69. The van der Waals surface area contributed by atoms with E-state index in [1.807, 2.05) is 0 Å². The number of hydrogen-bond acceptors (Lipinski definition) is 3. The largest absolute Gasteiger partial charge is 0.432 e. The highest BCUT2D eigenvalue weighted by molar-refractivity contribution is 6.30.